The van der Waals surface area contributed by atoms with Gasteiger partial charge in [0.05, 0.1) is 25.2 Å². The van der Waals surface area contributed by atoms with Gasteiger partial charge in [0.1, 0.15) is 0 Å². The summed E-state index contributed by atoms with van der Waals surface area (Å²) in [6.07, 6.45) is 0. The van der Waals surface area contributed by atoms with Gasteiger partial charge in [-0.05, 0) is 35.9 Å². The first-order chi connectivity index (χ1) is 14.3. The molecule has 0 spiro atoms. The molecular weight excluding hydrogens is 409 g/mol. The van der Waals surface area contributed by atoms with E-state index in [-0.39, 0.29) is 23.2 Å². The van der Waals surface area contributed by atoms with E-state index < -0.39 is 15.8 Å². The topological polar surface area (TPSA) is 71.1 Å². The zero-order valence-corrected chi connectivity index (χ0v) is 18.3. The number of halogens is 1. The maximum atomic E-state index is 14.0. The smallest absolute Gasteiger partial charge is 0.240 e. The van der Waals surface area contributed by atoms with Crippen LogP contribution in [0.25, 0.3) is 0 Å². The van der Waals surface area contributed by atoms with Gasteiger partial charge in [0.25, 0.3) is 0 Å². The van der Waals surface area contributed by atoms with Gasteiger partial charge in [0.2, 0.25) is 10.0 Å². The quantitative estimate of drug-likeness (QED) is 0.683. The summed E-state index contributed by atoms with van der Waals surface area (Å²) in [6, 6.07) is 11.5. The molecule has 7 nitrogen and oxygen atoms in total. The van der Waals surface area contributed by atoms with Crippen molar-refractivity contribution < 1.29 is 22.3 Å². The third-order valence-electron chi connectivity index (χ3n) is 5.18. The zero-order chi connectivity index (χ0) is 21.7. The number of rotatable bonds is 8. The second-order valence-corrected chi connectivity index (χ2v) is 9.07. The van der Waals surface area contributed by atoms with Crippen LogP contribution in [0.2, 0.25) is 0 Å². The number of nitrogens with zero attached hydrogens (tertiary/aromatic N) is 2. The van der Waals surface area contributed by atoms with E-state index in [1.54, 1.807) is 0 Å². The number of hydrogen-bond donors (Lipinski definition) is 1. The van der Waals surface area contributed by atoms with Crippen molar-refractivity contribution in [2.75, 3.05) is 59.0 Å². The van der Waals surface area contributed by atoms with Crippen molar-refractivity contribution in [2.24, 2.45) is 0 Å². The summed E-state index contributed by atoms with van der Waals surface area (Å²) in [4.78, 5) is 4.07. The monoisotopic (exact) mass is 437 g/mol. The molecule has 0 saturated carbocycles. The predicted molar refractivity (Wildman–Crippen MR) is 114 cm³/mol. The van der Waals surface area contributed by atoms with Gasteiger partial charge in [-0.2, -0.15) is 0 Å². The van der Waals surface area contributed by atoms with E-state index >= 15 is 0 Å². The standard InChI is InChI=1S/C21H28FN3O4S/c1-24(2)17-6-4-16(5-7-17)20(25-10-12-29-13-11-25)15-23-30(26,27)18-8-9-21(28-3)19(22)14-18/h4-9,14,20,23H,10-13,15H2,1-3H3. The molecule has 1 aliphatic heterocycles. The van der Waals surface area contributed by atoms with Crippen molar-refractivity contribution in [2.45, 2.75) is 10.9 Å². The third-order valence-corrected chi connectivity index (χ3v) is 6.60. The van der Waals surface area contributed by atoms with E-state index in [1.165, 1.54) is 19.2 Å². The van der Waals surface area contributed by atoms with Gasteiger partial charge in [0.15, 0.2) is 11.6 Å². The van der Waals surface area contributed by atoms with Crippen LogP contribution < -0.4 is 14.4 Å². The van der Waals surface area contributed by atoms with Crippen LogP contribution in [0.15, 0.2) is 47.4 Å². The van der Waals surface area contributed by atoms with Crippen molar-refractivity contribution in [3.63, 3.8) is 0 Å². The molecule has 0 aromatic heterocycles. The van der Waals surface area contributed by atoms with Gasteiger partial charge in [-0.25, -0.2) is 17.5 Å². The summed E-state index contributed by atoms with van der Waals surface area (Å²) in [6.45, 7) is 2.78. The Balaban J connectivity index is 1.81. The van der Waals surface area contributed by atoms with E-state index in [4.69, 9.17) is 9.47 Å². The van der Waals surface area contributed by atoms with Crippen LogP contribution in [-0.2, 0) is 14.8 Å². The number of anilines is 1. The lowest BCUT2D eigenvalue weighted by Gasteiger charge is -2.35. The van der Waals surface area contributed by atoms with Crippen molar-refractivity contribution in [3.8, 4) is 5.75 Å². The molecule has 1 N–H and O–H groups in total. The van der Waals surface area contributed by atoms with Gasteiger partial charge < -0.3 is 14.4 Å². The predicted octanol–water partition coefficient (Wildman–Crippen LogP) is 2.25. The summed E-state index contributed by atoms with van der Waals surface area (Å²) in [5, 5.41) is 0. The van der Waals surface area contributed by atoms with Crippen LogP contribution in [0.4, 0.5) is 10.1 Å². The number of methoxy groups -OCH3 is 1. The van der Waals surface area contributed by atoms with Gasteiger partial charge in [-0.15, -0.1) is 0 Å². The number of morpholine rings is 1. The summed E-state index contributed by atoms with van der Waals surface area (Å²) in [7, 11) is 1.39. The molecule has 0 amide bonds. The molecule has 9 heteroatoms. The summed E-state index contributed by atoms with van der Waals surface area (Å²) in [5.74, 6) is -0.717. The molecule has 164 valence electrons. The van der Waals surface area contributed by atoms with E-state index in [1.807, 2.05) is 43.3 Å². The summed E-state index contributed by atoms with van der Waals surface area (Å²) < 4.78 is 52.5. The molecule has 1 atom stereocenters. The van der Waals surface area contributed by atoms with E-state index in [0.29, 0.717) is 26.3 Å². The second-order valence-electron chi connectivity index (χ2n) is 7.30. The molecule has 0 aliphatic carbocycles. The molecule has 1 unspecified atom stereocenters. The average molecular weight is 438 g/mol. The van der Waals surface area contributed by atoms with Crippen LogP contribution in [0.3, 0.4) is 0 Å². The molecule has 3 rings (SSSR count). The number of hydrogen-bond acceptors (Lipinski definition) is 6. The Morgan fingerprint density at radius 2 is 1.83 bits per heavy atom. The van der Waals surface area contributed by atoms with Crippen LogP contribution in [-0.4, -0.2) is 67.4 Å². The molecule has 1 heterocycles. The Kier molecular flexibility index (Phi) is 7.30. The summed E-state index contributed by atoms with van der Waals surface area (Å²) >= 11 is 0. The van der Waals surface area contributed by atoms with Crippen LogP contribution in [0.1, 0.15) is 11.6 Å². The van der Waals surface area contributed by atoms with Crippen LogP contribution in [0, 0.1) is 5.82 Å². The highest BCUT2D eigenvalue weighted by Crippen LogP contribution is 2.25. The first kappa shape index (κ1) is 22.5. The molecule has 1 aliphatic rings. The zero-order valence-electron chi connectivity index (χ0n) is 17.5. The minimum absolute atomic E-state index is 0.00104. The molecule has 1 saturated heterocycles. The molecule has 2 aromatic rings. The number of sulfonamides is 1. The van der Waals surface area contributed by atoms with Gasteiger partial charge in [-0.3, -0.25) is 4.90 Å². The molecule has 30 heavy (non-hydrogen) atoms. The van der Waals surface area contributed by atoms with Crippen molar-refractivity contribution in [3.05, 3.63) is 53.8 Å². The largest absolute Gasteiger partial charge is 0.494 e. The average Bonchev–Trinajstić information content (AvgIpc) is 2.75. The van der Waals surface area contributed by atoms with Crippen LogP contribution >= 0.6 is 0 Å². The number of nitrogens with one attached hydrogen (secondary N) is 1. The maximum Gasteiger partial charge on any atom is 0.240 e. The van der Waals surface area contributed by atoms with E-state index in [0.717, 1.165) is 17.3 Å². The maximum absolute atomic E-state index is 14.0. The Morgan fingerprint density at radius 1 is 1.17 bits per heavy atom. The highest BCUT2D eigenvalue weighted by Gasteiger charge is 2.25. The Hall–Kier alpha value is -2.20. The third kappa shape index (κ3) is 5.28. The fourth-order valence-corrected chi connectivity index (χ4v) is 4.48. The van der Waals surface area contributed by atoms with Gasteiger partial charge >= 0.3 is 0 Å². The number of benzene rings is 2. The van der Waals surface area contributed by atoms with Crippen molar-refractivity contribution in [1.29, 1.82) is 0 Å². The van der Waals surface area contributed by atoms with E-state index in [2.05, 4.69) is 9.62 Å². The van der Waals surface area contributed by atoms with E-state index in [9.17, 15) is 12.8 Å². The van der Waals surface area contributed by atoms with Gasteiger partial charge in [-0.1, -0.05) is 12.1 Å². The fourth-order valence-electron chi connectivity index (χ4n) is 3.43. The first-order valence-electron chi connectivity index (χ1n) is 9.74. The molecular formula is C21H28FN3O4S. The highest BCUT2D eigenvalue weighted by atomic mass is 32.2. The lowest BCUT2D eigenvalue weighted by Crippen LogP contribution is -2.43. The lowest BCUT2D eigenvalue weighted by molar-refractivity contribution is 0.0172. The Labute approximate surface area is 177 Å². The Bertz CT molecular complexity index is 945. The van der Waals surface area contributed by atoms with Gasteiger partial charge in [0, 0.05) is 45.5 Å². The second kappa shape index (κ2) is 9.74. The normalized spacial score (nSPS) is 16.3. The number of ether oxygens (including phenoxy) is 2. The fraction of sp³-hybridized carbons (Fsp3) is 0.429. The SMILES string of the molecule is COc1ccc(S(=O)(=O)NCC(c2ccc(N(C)C)cc2)N2CCOCC2)cc1F. The minimum atomic E-state index is -3.88. The summed E-state index contributed by atoms with van der Waals surface area (Å²) in [5.41, 5.74) is 2.07. The van der Waals surface area contributed by atoms with Crippen LogP contribution in [0.5, 0.6) is 5.75 Å². The minimum Gasteiger partial charge on any atom is -0.494 e. The molecule has 2 aromatic carbocycles. The molecule has 0 bridgehead atoms. The first-order valence-corrected chi connectivity index (χ1v) is 11.2. The highest BCUT2D eigenvalue weighted by molar-refractivity contribution is 7.89. The van der Waals surface area contributed by atoms with Crippen molar-refractivity contribution >= 4 is 15.7 Å². The Morgan fingerprint density at radius 3 is 2.40 bits per heavy atom. The van der Waals surface area contributed by atoms with Crippen molar-refractivity contribution in [1.82, 2.24) is 9.62 Å². The lowest BCUT2D eigenvalue weighted by atomic mass is 10.0. The molecule has 0 radical (unpaired) electrons. The molecule has 1 fully saturated rings.